The van der Waals surface area contributed by atoms with Crippen molar-refractivity contribution in [3.8, 4) is 0 Å². The van der Waals surface area contributed by atoms with E-state index in [0.717, 1.165) is 18.2 Å². The second kappa shape index (κ2) is 13.5. The summed E-state index contributed by atoms with van der Waals surface area (Å²) in [6.45, 7) is 0. The maximum absolute atomic E-state index is 15.0. The number of rotatable bonds is 9. The zero-order valence-corrected chi connectivity index (χ0v) is 26.0. The molecular formula is C29H17Cl3F11N3O3. The minimum Gasteiger partial charge on any atom is -0.326 e. The van der Waals surface area contributed by atoms with E-state index in [1.165, 1.54) is 11.4 Å². The van der Waals surface area contributed by atoms with E-state index in [1.807, 2.05) is 5.32 Å². The SMILES string of the molecule is O=C(CCC(F)(F)C(F)(F)F)Nc1c(F)ccc(NC(=O)c2cc(NC(=O)C3[C@H](c4ccc(F)c(C(F)(F)F)c4)C3(Cl)Cl)ccc2Cl)c1F. The molecule has 0 aromatic heterocycles. The van der Waals surface area contributed by atoms with Gasteiger partial charge in [0.25, 0.3) is 5.91 Å². The second-order valence-corrected chi connectivity index (χ2v) is 12.4. The molecule has 0 saturated heterocycles. The van der Waals surface area contributed by atoms with Crippen molar-refractivity contribution in [2.45, 2.75) is 41.4 Å². The summed E-state index contributed by atoms with van der Waals surface area (Å²) < 4.78 is 144. The van der Waals surface area contributed by atoms with E-state index >= 15 is 4.39 Å². The highest BCUT2D eigenvalue weighted by Gasteiger charge is 2.68. The van der Waals surface area contributed by atoms with E-state index in [1.54, 1.807) is 0 Å². The van der Waals surface area contributed by atoms with Gasteiger partial charge in [0.05, 0.1) is 27.8 Å². The molecule has 0 radical (unpaired) electrons. The van der Waals surface area contributed by atoms with Crippen LogP contribution < -0.4 is 16.0 Å². The predicted molar refractivity (Wildman–Crippen MR) is 155 cm³/mol. The van der Waals surface area contributed by atoms with Gasteiger partial charge in [0.15, 0.2) is 5.82 Å². The second-order valence-electron chi connectivity index (χ2n) is 10.5. The summed E-state index contributed by atoms with van der Waals surface area (Å²) in [7, 11) is 0. The molecule has 20 heteroatoms. The van der Waals surface area contributed by atoms with E-state index < -0.39 is 105 Å². The molecule has 3 aromatic carbocycles. The third-order valence-electron chi connectivity index (χ3n) is 7.15. The fraction of sp³-hybridized carbons (Fsp3) is 0.276. The van der Waals surface area contributed by atoms with Crippen molar-refractivity contribution in [3.05, 3.63) is 87.7 Å². The summed E-state index contributed by atoms with van der Waals surface area (Å²) in [5.41, 5.74) is -4.46. The molecule has 1 fully saturated rings. The van der Waals surface area contributed by atoms with Crippen molar-refractivity contribution < 1.29 is 62.7 Å². The number of alkyl halides is 10. The van der Waals surface area contributed by atoms with Crippen LogP contribution >= 0.6 is 34.8 Å². The van der Waals surface area contributed by atoms with Gasteiger partial charge in [-0.05, 0) is 48.0 Å². The Morgan fingerprint density at radius 3 is 2.04 bits per heavy atom. The first-order valence-electron chi connectivity index (χ1n) is 13.3. The van der Waals surface area contributed by atoms with Crippen LogP contribution in [-0.4, -0.2) is 34.2 Å². The van der Waals surface area contributed by atoms with E-state index in [0.29, 0.717) is 24.3 Å². The molecule has 4 rings (SSSR count). The van der Waals surface area contributed by atoms with Crippen molar-refractivity contribution in [1.29, 1.82) is 0 Å². The lowest BCUT2D eigenvalue weighted by atomic mass is 10.0. The van der Waals surface area contributed by atoms with E-state index in [9.17, 15) is 58.3 Å². The molecule has 0 spiro atoms. The summed E-state index contributed by atoms with van der Waals surface area (Å²) in [6, 6.07) is 6.47. The normalized spacial score (nSPS) is 17.3. The van der Waals surface area contributed by atoms with Crippen molar-refractivity contribution in [2.75, 3.05) is 16.0 Å². The Morgan fingerprint density at radius 2 is 1.43 bits per heavy atom. The molecule has 0 heterocycles. The molecule has 0 aliphatic heterocycles. The van der Waals surface area contributed by atoms with Crippen LogP contribution in [0.2, 0.25) is 5.02 Å². The number of carbonyl (C=O) groups is 3. The molecule has 3 N–H and O–H groups in total. The average molecular weight is 771 g/mol. The van der Waals surface area contributed by atoms with Crippen LogP contribution in [0, 0.1) is 23.4 Å². The highest BCUT2D eigenvalue weighted by atomic mass is 35.5. The third-order valence-corrected chi connectivity index (χ3v) is 8.42. The van der Waals surface area contributed by atoms with Gasteiger partial charge in [-0.3, -0.25) is 14.4 Å². The number of amides is 3. The van der Waals surface area contributed by atoms with Gasteiger partial charge in [0, 0.05) is 24.4 Å². The highest BCUT2D eigenvalue weighted by Crippen LogP contribution is 2.65. The van der Waals surface area contributed by atoms with Crippen molar-refractivity contribution >= 4 is 69.6 Å². The Morgan fingerprint density at radius 1 is 0.796 bits per heavy atom. The van der Waals surface area contributed by atoms with Gasteiger partial charge >= 0.3 is 18.3 Å². The monoisotopic (exact) mass is 769 g/mol. The standard InChI is InChI=1S/C29H17Cl3F11N3O3/c30-15-3-2-12(44-25(49)21-20(27(21,31)32)11-1-4-16(33)14(9-11)28(38,39)40)10-13(15)24(48)45-18-6-5-17(34)23(22(18)35)46-19(47)7-8-26(36,37)29(41,42)43/h1-6,9-10,20-21H,7-8H2,(H,44,49)(H,45,48)(H,46,47)/t20-,21?/m0/s1. The lowest BCUT2D eigenvalue weighted by Crippen LogP contribution is -2.37. The van der Waals surface area contributed by atoms with E-state index in [4.69, 9.17) is 34.8 Å². The topological polar surface area (TPSA) is 87.3 Å². The lowest BCUT2D eigenvalue weighted by molar-refractivity contribution is -0.284. The lowest BCUT2D eigenvalue weighted by Gasteiger charge is -2.19. The number of nitrogens with one attached hydrogen (secondary N) is 3. The molecule has 2 atom stereocenters. The summed E-state index contributed by atoms with van der Waals surface area (Å²) in [5, 5.41) is 5.60. The van der Waals surface area contributed by atoms with Crippen molar-refractivity contribution in [3.63, 3.8) is 0 Å². The summed E-state index contributed by atoms with van der Waals surface area (Å²) >= 11 is 18.4. The average Bonchev–Trinajstić information content (AvgIpc) is 3.57. The van der Waals surface area contributed by atoms with Crippen molar-refractivity contribution in [1.82, 2.24) is 0 Å². The minimum atomic E-state index is -5.97. The van der Waals surface area contributed by atoms with Gasteiger partial charge in [0.2, 0.25) is 11.8 Å². The Balaban J connectivity index is 1.48. The summed E-state index contributed by atoms with van der Waals surface area (Å²) in [6.07, 6.45) is -14.5. The fourth-order valence-electron chi connectivity index (χ4n) is 4.59. The first kappa shape index (κ1) is 38.0. The van der Waals surface area contributed by atoms with Gasteiger partial charge in [0.1, 0.15) is 21.7 Å². The van der Waals surface area contributed by atoms with E-state index in [-0.39, 0.29) is 16.3 Å². The molecule has 1 aliphatic carbocycles. The molecule has 1 aliphatic rings. The number of anilines is 3. The molecule has 3 aromatic rings. The maximum Gasteiger partial charge on any atom is 0.453 e. The Hall–Kier alpha value is -3.83. The predicted octanol–water partition coefficient (Wildman–Crippen LogP) is 9.47. The zero-order chi connectivity index (χ0) is 36.9. The summed E-state index contributed by atoms with van der Waals surface area (Å²) in [4.78, 5) is 37.9. The Labute approximate surface area is 282 Å². The molecule has 49 heavy (non-hydrogen) atoms. The fourth-order valence-corrected chi connectivity index (χ4v) is 5.62. The third kappa shape index (κ3) is 8.15. The molecule has 0 bridgehead atoms. The van der Waals surface area contributed by atoms with Gasteiger partial charge in [-0.2, -0.15) is 35.1 Å². The number of benzene rings is 3. The van der Waals surface area contributed by atoms with Gasteiger partial charge < -0.3 is 16.0 Å². The molecular weight excluding hydrogens is 754 g/mol. The Kier molecular flexibility index (Phi) is 10.4. The number of halogens is 14. The number of carbonyl (C=O) groups excluding carboxylic acids is 3. The van der Waals surface area contributed by atoms with Crippen LogP contribution in [0.25, 0.3) is 0 Å². The van der Waals surface area contributed by atoms with Crippen LogP contribution in [0.5, 0.6) is 0 Å². The number of hydrogen-bond donors (Lipinski definition) is 3. The summed E-state index contributed by atoms with van der Waals surface area (Å²) in [5.74, 6) is -16.2. The molecule has 3 amide bonds. The molecule has 1 saturated carbocycles. The quantitative estimate of drug-likeness (QED) is 0.150. The minimum absolute atomic E-state index is 0.146. The van der Waals surface area contributed by atoms with Crippen LogP contribution in [-0.2, 0) is 15.8 Å². The van der Waals surface area contributed by atoms with Gasteiger partial charge in [-0.25, -0.2) is 13.2 Å². The van der Waals surface area contributed by atoms with Crippen LogP contribution in [0.15, 0.2) is 48.5 Å². The van der Waals surface area contributed by atoms with Gasteiger partial charge in [-0.15, -0.1) is 23.2 Å². The van der Waals surface area contributed by atoms with Crippen molar-refractivity contribution in [2.24, 2.45) is 5.92 Å². The van der Waals surface area contributed by atoms with Gasteiger partial charge in [-0.1, -0.05) is 17.7 Å². The van der Waals surface area contributed by atoms with Crippen LogP contribution in [0.3, 0.4) is 0 Å². The van der Waals surface area contributed by atoms with Crippen LogP contribution in [0.4, 0.5) is 65.4 Å². The maximum atomic E-state index is 15.0. The van der Waals surface area contributed by atoms with E-state index in [2.05, 4.69) is 5.32 Å². The molecule has 6 nitrogen and oxygen atoms in total. The highest BCUT2D eigenvalue weighted by molar-refractivity contribution is 6.53. The first-order chi connectivity index (χ1) is 22.5. The number of hydrogen-bond acceptors (Lipinski definition) is 3. The zero-order valence-electron chi connectivity index (χ0n) is 23.7. The van der Waals surface area contributed by atoms with Crippen LogP contribution in [0.1, 0.15) is 40.2 Å². The first-order valence-corrected chi connectivity index (χ1v) is 14.5. The molecule has 1 unspecified atom stereocenters. The molecule has 264 valence electrons. The Bertz CT molecular complexity index is 1820. The smallest absolute Gasteiger partial charge is 0.326 e. The largest absolute Gasteiger partial charge is 0.453 e.